The van der Waals surface area contributed by atoms with Crippen LogP contribution in [-0.4, -0.2) is 68.2 Å². The zero-order valence-electron chi connectivity index (χ0n) is 13.5. The van der Waals surface area contributed by atoms with Crippen LogP contribution in [0.25, 0.3) is 0 Å². The predicted molar refractivity (Wildman–Crippen MR) is 87.7 cm³/mol. The number of carbonyl (C=O) groups is 1. The molecule has 5 heteroatoms. The Kier molecular flexibility index (Phi) is 7.36. The summed E-state index contributed by atoms with van der Waals surface area (Å²) in [5.41, 5.74) is 1.14. The highest BCUT2D eigenvalue weighted by atomic mass is 16.5. The molecular weight excluding hydrogens is 278 g/mol. The van der Waals surface area contributed by atoms with E-state index in [1.165, 1.54) is 0 Å². The van der Waals surface area contributed by atoms with Gasteiger partial charge in [0, 0.05) is 45.9 Å². The van der Waals surface area contributed by atoms with Gasteiger partial charge in [-0.05, 0) is 12.5 Å². The zero-order valence-corrected chi connectivity index (χ0v) is 13.5. The van der Waals surface area contributed by atoms with Crippen LogP contribution in [0.4, 0.5) is 0 Å². The SMILES string of the molecule is CCOCCN1CCN(CC(=O)NCc2ccccc2)CC1. The molecule has 122 valence electrons. The molecule has 1 amide bonds. The highest BCUT2D eigenvalue weighted by Crippen LogP contribution is 2.02. The molecule has 1 fully saturated rings. The van der Waals surface area contributed by atoms with E-state index in [9.17, 15) is 4.79 Å². The van der Waals surface area contributed by atoms with Gasteiger partial charge in [-0.15, -0.1) is 0 Å². The summed E-state index contributed by atoms with van der Waals surface area (Å²) in [5.74, 6) is 0.103. The number of carbonyl (C=O) groups excluding carboxylic acids is 1. The molecule has 1 aliphatic heterocycles. The molecule has 0 aromatic heterocycles. The molecule has 22 heavy (non-hydrogen) atoms. The summed E-state index contributed by atoms with van der Waals surface area (Å²) in [6.45, 7) is 9.61. The Balaban J connectivity index is 1.60. The first kappa shape index (κ1) is 16.9. The number of benzene rings is 1. The normalized spacial score (nSPS) is 16.6. The van der Waals surface area contributed by atoms with E-state index in [4.69, 9.17) is 4.74 Å². The molecule has 2 rings (SSSR count). The van der Waals surface area contributed by atoms with Crippen molar-refractivity contribution in [2.75, 3.05) is 52.5 Å². The van der Waals surface area contributed by atoms with Gasteiger partial charge < -0.3 is 10.1 Å². The fourth-order valence-corrected chi connectivity index (χ4v) is 2.56. The molecule has 0 atom stereocenters. The van der Waals surface area contributed by atoms with Crippen LogP contribution in [0.1, 0.15) is 12.5 Å². The Labute approximate surface area is 133 Å². The molecule has 1 aromatic carbocycles. The standard InChI is InChI=1S/C17H27N3O2/c1-2-22-13-12-19-8-10-20(11-9-19)15-17(21)18-14-16-6-4-3-5-7-16/h3-7H,2,8-15H2,1H3,(H,18,21). The van der Waals surface area contributed by atoms with Crippen molar-refractivity contribution >= 4 is 5.91 Å². The summed E-state index contributed by atoms with van der Waals surface area (Å²) < 4.78 is 5.38. The van der Waals surface area contributed by atoms with Gasteiger partial charge in [0.1, 0.15) is 0 Å². The highest BCUT2D eigenvalue weighted by Gasteiger charge is 2.18. The minimum Gasteiger partial charge on any atom is -0.380 e. The van der Waals surface area contributed by atoms with Crippen molar-refractivity contribution in [2.45, 2.75) is 13.5 Å². The van der Waals surface area contributed by atoms with Gasteiger partial charge in [-0.3, -0.25) is 14.6 Å². The lowest BCUT2D eigenvalue weighted by atomic mass is 10.2. The summed E-state index contributed by atoms with van der Waals surface area (Å²) in [4.78, 5) is 16.6. The Hall–Kier alpha value is -1.43. The molecule has 1 aromatic rings. The van der Waals surface area contributed by atoms with Crippen molar-refractivity contribution in [1.82, 2.24) is 15.1 Å². The lowest BCUT2D eigenvalue weighted by molar-refractivity contribution is -0.122. The summed E-state index contributed by atoms with van der Waals surface area (Å²) in [5, 5.41) is 2.99. The van der Waals surface area contributed by atoms with Crippen molar-refractivity contribution in [3.05, 3.63) is 35.9 Å². The number of ether oxygens (including phenoxy) is 1. The lowest BCUT2D eigenvalue weighted by Gasteiger charge is -2.34. The number of nitrogens with zero attached hydrogens (tertiary/aromatic N) is 2. The first-order valence-corrected chi connectivity index (χ1v) is 8.11. The van der Waals surface area contributed by atoms with Crippen LogP contribution < -0.4 is 5.32 Å². The molecule has 0 bridgehead atoms. The molecule has 0 aliphatic carbocycles. The molecule has 1 aliphatic rings. The number of nitrogens with one attached hydrogen (secondary N) is 1. The first-order chi connectivity index (χ1) is 10.8. The Morgan fingerprint density at radius 2 is 1.82 bits per heavy atom. The van der Waals surface area contributed by atoms with Crippen LogP contribution in [0.2, 0.25) is 0 Å². The second-order valence-electron chi connectivity index (χ2n) is 5.58. The second-order valence-corrected chi connectivity index (χ2v) is 5.58. The van der Waals surface area contributed by atoms with Gasteiger partial charge in [0.15, 0.2) is 0 Å². The van der Waals surface area contributed by atoms with Gasteiger partial charge in [0.05, 0.1) is 13.2 Å². The van der Waals surface area contributed by atoms with E-state index in [0.29, 0.717) is 13.1 Å². The monoisotopic (exact) mass is 305 g/mol. The fourth-order valence-electron chi connectivity index (χ4n) is 2.56. The van der Waals surface area contributed by atoms with E-state index in [0.717, 1.165) is 51.5 Å². The average molecular weight is 305 g/mol. The van der Waals surface area contributed by atoms with Crippen molar-refractivity contribution in [2.24, 2.45) is 0 Å². The Morgan fingerprint density at radius 1 is 1.14 bits per heavy atom. The molecule has 0 unspecified atom stereocenters. The van der Waals surface area contributed by atoms with Crippen LogP contribution >= 0.6 is 0 Å². The summed E-state index contributed by atoms with van der Waals surface area (Å²) in [6, 6.07) is 10.0. The van der Waals surface area contributed by atoms with Crippen LogP contribution in [0.3, 0.4) is 0 Å². The first-order valence-electron chi connectivity index (χ1n) is 8.11. The minimum atomic E-state index is 0.103. The molecular formula is C17H27N3O2. The van der Waals surface area contributed by atoms with E-state index in [1.807, 2.05) is 37.3 Å². The number of rotatable bonds is 8. The third-order valence-electron chi connectivity index (χ3n) is 3.92. The fraction of sp³-hybridized carbons (Fsp3) is 0.588. The topological polar surface area (TPSA) is 44.8 Å². The van der Waals surface area contributed by atoms with Gasteiger partial charge >= 0.3 is 0 Å². The van der Waals surface area contributed by atoms with E-state index < -0.39 is 0 Å². The highest BCUT2D eigenvalue weighted by molar-refractivity contribution is 5.78. The molecule has 0 spiro atoms. The van der Waals surface area contributed by atoms with Crippen LogP contribution in [0.5, 0.6) is 0 Å². The predicted octanol–water partition coefficient (Wildman–Crippen LogP) is 0.957. The van der Waals surface area contributed by atoms with E-state index in [2.05, 4.69) is 15.1 Å². The maximum atomic E-state index is 12.0. The minimum absolute atomic E-state index is 0.103. The number of piperazine rings is 1. The van der Waals surface area contributed by atoms with Crippen molar-refractivity contribution in [3.8, 4) is 0 Å². The number of hydrogen-bond acceptors (Lipinski definition) is 4. The largest absolute Gasteiger partial charge is 0.380 e. The molecule has 1 N–H and O–H groups in total. The summed E-state index contributed by atoms with van der Waals surface area (Å²) in [6.07, 6.45) is 0. The van der Waals surface area contributed by atoms with Crippen molar-refractivity contribution in [3.63, 3.8) is 0 Å². The van der Waals surface area contributed by atoms with Crippen molar-refractivity contribution < 1.29 is 9.53 Å². The third kappa shape index (κ3) is 6.13. The molecule has 0 radical (unpaired) electrons. The molecule has 1 saturated heterocycles. The summed E-state index contributed by atoms with van der Waals surface area (Å²) in [7, 11) is 0. The Morgan fingerprint density at radius 3 is 2.50 bits per heavy atom. The van der Waals surface area contributed by atoms with Crippen molar-refractivity contribution in [1.29, 1.82) is 0 Å². The van der Waals surface area contributed by atoms with Crippen LogP contribution in [0, 0.1) is 0 Å². The van der Waals surface area contributed by atoms with E-state index in [1.54, 1.807) is 0 Å². The summed E-state index contributed by atoms with van der Waals surface area (Å²) >= 11 is 0. The number of amides is 1. The quantitative estimate of drug-likeness (QED) is 0.727. The third-order valence-corrected chi connectivity index (χ3v) is 3.92. The van der Waals surface area contributed by atoms with Crippen LogP contribution in [-0.2, 0) is 16.1 Å². The van der Waals surface area contributed by atoms with Gasteiger partial charge in [0.2, 0.25) is 5.91 Å². The molecule has 0 saturated carbocycles. The maximum absolute atomic E-state index is 12.0. The molecule has 1 heterocycles. The lowest BCUT2D eigenvalue weighted by Crippen LogP contribution is -2.50. The smallest absolute Gasteiger partial charge is 0.234 e. The second kappa shape index (κ2) is 9.56. The Bertz CT molecular complexity index is 431. The van der Waals surface area contributed by atoms with Crippen LogP contribution in [0.15, 0.2) is 30.3 Å². The van der Waals surface area contributed by atoms with Gasteiger partial charge in [-0.2, -0.15) is 0 Å². The van der Waals surface area contributed by atoms with E-state index >= 15 is 0 Å². The van der Waals surface area contributed by atoms with Gasteiger partial charge in [-0.25, -0.2) is 0 Å². The zero-order chi connectivity index (χ0) is 15.6. The number of hydrogen-bond donors (Lipinski definition) is 1. The van der Waals surface area contributed by atoms with Gasteiger partial charge in [-0.1, -0.05) is 30.3 Å². The maximum Gasteiger partial charge on any atom is 0.234 e. The van der Waals surface area contributed by atoms with Gasteiger partial charge in [0.25, 0.3) is 0 Å². The molecule has 5 nitrogen and oxygen atoms in total. The average Bonchev–Trinajstić information content (AvgIpc) is 2.56. The van der Waals surface area contributed by atoms with E-state index in [-0.39, 0.29) is 5.91 Å².